The van der Waals surface area contributed by atoms with Crippen LogP contribution in [-0.4, -0.2) is 28.9 Å². The van der Waals surface area contributed by atoms with Gasteiger partial charge in [-0.3, -0.25) is 4.68 Å². The molecule has 3 unspecified atom stereocenters. The molecule has 1 aliphatic rings. The Morgan fingerprint density at radius 3 is 2.81 bits per heavy atom. The topological polar surface area (TPSA) is 27.1 Å². The van der Waals surface area contributed by atoms with Gasteiger partial charge in [-0.25, -0.2) is 0 Å². The van der Waals surface area contributed by atoms with Crippen LogP contribution < -0.4 is 0 Å². The molecule has 1 saturated carbocycles. The molecule has 0 aromatic carbocycles. The molecule has 3 atom stereocenters. The monoisotopic (exact) mass is 376 g/mol. The Morgan fingerprint density at radius 2 is 2.19 bits per heavy atom. The summed E-state index contributed by atoms with van der Waals surface area (Å²) < 4.78 is 8.34. The van der Waals surface area contributed by atoms with E-state index in [0.717, 1.165) is 23.4 Å². The molecule has 21 heavy (non-hydrogen) atoms. The Labute approximate surface area is 141 Å². The molecule has 0 N–H and O–H groups in total. The van der Waals surface area contributed by atoms with Gasteiger partial charge in [0.2, 0.25) is 0 Å². The maximum atomic E-state index is 6.72. The highest BCUT2D eigenvalue weighted by Crippen LogP contribution is 2.46. The third-order valence-corrected chi connectivity index (χ3v) is 5.94. The van der Waals surface area contributed by atoms with Crippen LogP contribution in [0, 0.1) is 11.8 Å². The van der Waals surface area contributed by atoms with E-state index >= 15 is 0 Å². The van der Waals surface area contributed by atoms with Gasteiger partial charge in [-0.15, -0.1) is 11.6 Å². The predicted molar refractivity (Wildman–Crippen MR) is 91.0 cm³/mol. The summed E-state index contributed by atoms with van der Waals surface area (Å²) in [7, 11) is 1.72. The van der Waals surface area contributed by atoms with Crippen LogP contribution in [0.25, 0.3) is 0 Å². The number of nitrogens with zero attached hydrogens (tertiary/aromatic N) is 2. The number of hydrogen-bond acceptors (Lipinski definition) is 2. The number of halogens is 2. The first-order valence-corrected chi connectivity index (χ1v) is 8.95. The fraction of sp³-hybridized carbons (Fsp3) is 0.812. The molecule has 1 aromatic heterocycles. The lowest BCUT2D eigenvalue weighted by Crippen LogP contribution is -2.40. The molecule has 0 aliphatic heterocycles. The molecule has 1 heterocycles. The van der Waals surface area contributed by atoms with Crippen LogP contribution in [0.3, 0.4) is 0 Å². The Morgan fingerprint density at radius 1 is 1.48 bits per heavy atom. The molecule has 1 fully saturated rings. The van der Waals surface area contributed by atoms with Gasteiger partial charge >= 0.3 is 0 Å². The molecular formula is C16H26BrClN2O. The first-order valence-electron chi connectivity index (χ1n) is 7.72. The van der Waals surface area contributed by atoms with Gasteiger partial charge in [0.25, 0.3) is 0 Å². The van der Waals surface area contributed by atoms with E-state index in [1.54, 1.807) is 7.11 Å². The molecule has 0 saturated heterocycles. The molecule has 0 spiro atoms. The van der Waals surface area contributed by atoms with Crippen molar-refractivity contribution >= 4 is 27.5 Å². The zero-order valence-corrected chi connectivity index (χ0v) is 15.7. The number of methoxy groups -OCH3 is 1. The molecule has 0 radical (unpaired) electrons. The number of hydrogen-bond donors (Lipinski definition) is 0. The number of rotatable bonds is 5. The van der Waals surface area contributed by atoms with Gasteiger partial charge < -0.3 is 4.74 Å². The second-order valence-electron chi connectivity index (χ2n) is 6.82. The molecule has 1 aromatic rings. The SMILES string of the molecule is COCCn1ncc(Br)c1C(C)(C)C1CCC(C)CC1Cl. The van der Waals surface area contributed by atoms with Crippen molar-refractivity contribution < 1.29 is 4.74 Å². The van der Waals surface area contributed by atoms with Crippen molar-refractivity contribution in [2.24, 2.45) is 11.8 Å². The van der Waals surface area contributed by atoms with Gasteiger partial charge in [0.05, 0.1) is 29.5 Å². The van der Waals surface area contributed by atoms with Gasteiger partial charge in [-0.2, -0.15) is 5.10 Å². The van der Waals surface area contributed by atoms with E-state index in [-0.39, 0.29) is 10.8 Å². The summed E-state index contributed by atoms with van der Waals surface area (Å²) in [5.41, 5.74) is 1.24. The second kappa shape index (κ2) is 7.01. The predicted octanol–water partition coefficient (Wildman–Crippen LogP) is 4.61. The lowest BCUT2D eigenvalue weighted by molar-refractivity contribution is 0.170. The lowest BCUT2D eigenvalue weighted by Gasteiger charge is -2.42. The van der Waals surface area contributed by atoms with E-state index in [9.17, 15) is 0 Å². The number of aromatic nitrogens is 2. The van der Waals surface area contributed by atoms with Crippen molar-refractivity contribution in [2.45, 2.75) is 57.4 Å². The summed E-state index contributed by atoms with van der Waals surface area (Å²) in [6, 6.07) is 0. The summed E-state index contributed by atoms with van der Waals surface area (Å²) in [6.07, 6.45) is 5.45. The van der Waals surface area contributed by atoms with Crippen molar-refractivity contribution in [1.82, 2.24) is 9.78 Å². The van der Waals surface area contributed by atoms with Gasteiger partial charge in [0.15, 0.2) is 0 Å². The maximum absolute atomic E-state index is 6.72. The molecule has 5 heteroatoms. The van der Waals surface area contributed by atoms with Crippen LogP contribution in [0.5, 0.6) is 0 Å². The second-order valence-corrected chi connectivity index (χ2v) is 8.23. The van der Waals surface area contributed by atoms with Gasteiger partial charge in [0, 0.05) is 17.9 Å². The third-order valence-electron chi connectivity index (χ3n) is 4.87. The average molecular weight is 378 g/mol. The first-order chi connectivity index (χ1) is 9.87. The van der Waals surface area contributed by atoms with Crippen molar-refractivity contribution in [3.63, 3.8) is 0 Å². The molecule has 0 amide bonds. The van der Waals surface area contributed by atoms with Crippen LogP contribution >= 0.6 is 27.5 Å². The third kappa shape index (κ3) is 3.65. The first kappa shape index (κ1) is 17.3. The molecule has 120 valence electrons. The van der Waals surface area contributed by atoms with Crippen molar-refractivity contribution in [3.05, 3.63) is 16.4 Å². The highest BCUT2D eigenvalue weighted by atomic mass is 79.9. The molecular weight excluding hydrogens is 352 g/mol. The molecule has 1 aliphatic carbocycles. The Hall–Kier alpha value is -0.0600. The minimum Gasteiger partial charge on any atom is -0.383 e. The van der Waals surface area contributed by atoms with Crippen LogP contribution in [0.1, 0.15) is 45.7 Å². The van der Waals surface area contributed by atoms with Crippen molar-refractivity contribution in [2.75, 3.05) is 13.7 Å². The van der Waals surface area contributed by atoms with Crippen molar-refractivity contribution in [3.8, 4) is 0 Å². The van der Waals surface area contributed by atoms with Crippen molar-refractivity contribution in [1.29, 1.82) is 0 Å². The summed E-state index contributed by atoms with van der Waals surface area (Å²) >= 11 is 10.4. The van der Waals surface area contributed by atoms with E-state index < -0.39 is 0 Å². The summed E-state index contributed by atoms with van der Waals surface area (Å²) in [5.74, 6) is 1.21. The van der Waals surface area contributed by atoms with Crippen LogP contribution in [-0.2, 0) is 16.7 Å². The maximum Gasteiger partial charge on any atom is 0.0659 e. The van der Waals surface area contributed by atoms with E-state index in [2.05, 4.69) is 46.5 Å². The summed E-state index contributed by atoms with van der Waals surface area (Å²) in [4.78, 5) is 0. The Balaban J connectivity index is 2.28. The lowest BCUT2D eigenvalue weighted by atomic mass is 9.67. The standard InChI is InChI=1S/C16H26BrClN2O/c1-11-5-6-12(14(18)9-11)16(2,3)15-13(17)10-19-20(15)7-8-21-4/h10-12,14H,5-9H2,1-4H3. The van der Waals surface area contributed by atoms with Gasteiger partial charge in [-0.05, 0) is 40.6 Å². The van der Waals surface area contributed by atoms with Crippen LogP contribution in [0.4, 0.5) is 0 Å². The normalized spacial score (nSPS) is 27.0. The fourth-order valence-electron chi connectivity index (χ4n) is 3.65. The fourth-order valence-corrected chi connectivity index (χ4v) is 5.20. The smallest absolute Gasteiger partial charge is 0.0659 e. The van der Waals surface area contributed by atoms with E-state index in [1.807, 2.05) is 6.20 Å². The van der Waals surface area contributed by atoms with Gasteiger partial charge in [-0.1, -0.05) is 27.2 Å². The summed E-state index contributed by atoms with van der Waals surface area (Å²) in [5, 5.41) is 4.74. The van der Waals surface area contributed by atoms with Crippen LogP contribution in [0.15, 0.2) is 10.7 Å². The Bertz CT molecular complexity index is 475. The van der Waals surface area contributed by atoms with Gasteiger partial charge in [0.1, 0.15) is 0 Å². The average Bonchev–Trinajstić information content (AvgIpc) is 2.77. The zero-order valence-electron chi connectivity index (χ0n) is 13.4. The zero-order chi connectivity index (χ0) is 15.6. The van der Waals surface area contributed by atoms with Crippen LogP contribution in [0.2, 0.25) is 0 Å². The van der Waals surface area contributed by atoms with E-state index in [1.165, 1.54) is 18.5 Å². The quantitative estimate of drug-likeness (QED) is 0.700. The van der Waals surface area contributed by atoms with E-state index in [0.29, 0.717) is 12.5 Å². The highest BCUT2D eigenvalue weighted by molar-refractivity contribution is 9.10. The largest absolute Gasteiger partial charge is 0.383 e. The van der Waals surface area contributed by atoms with E-state index in [4.69, 9.17) is 16.3 Å². The number of ether oxygens (including phenoxy) is 1. The molecule has 3 nitrogen and oxygen atoms in total. The summed E-state index contributed by atoms with van der Waals surface area (Å²) in [6.45, 7) is 8.35. The Kier molecular flexibility index (Phi) is 5.77. The minimum absolute atomic E-state index is 0.00433. The highest BCUT2D eigenvalue weighted by Gasteiger charge is 2.42. The number of alkyl halides is 1. The molecule has 0 bridgehead atoms. The molecule has 2 rings (SSSR count). The minimum atomic E-state index is -0.00433.